The van der Waals surface area contributed by atoms with Crippen molar-refractivity contribution in [3.63, 3.8) is 0 Å². The van der Waals surface area contributed by atoms with E-state index >= 15 is 0 Å². The summed E-state index contributed by atoms with van der Waals surface area (Å²) in [6, 6.07) is 0.223. The van der Waals surface area contributed by atoms with E-state index in [0.717, 1.165) is 6.42 Å². The molecule has 82 valence electrons. The minimum Gasteiger partial charge on any atom is -0.392 e. The second-order valence-electron chi connectivity index (χ2n) is 3.52. The predicted octanol–water partition coefficient (Wildman–Crippen LogP) is 0.119. The lowest BCUT2D eigenvalue weighted by atomic mass is 10.2. The number of hydrogen-bond acceptors (Lipinski definition) is 3. The number of rotatable bonds is 6. The average Bonchev–Trinajstić information content (AvgIpc) is 2.01. The zero-order valence-corrected chi connectivity index (χ0v) is 9.86. The Bertz CT molecular complexity index is 208. The van der Waals surface area contributed by atoms with Crippen LogP contribution in [0, 0.1) is 0 Å². The summed E-state index contributed by atoms with van der Waals surface area (Å²) in [5.74, 6) is 0.0121. The SMILES string of the molecule is CCC(C)NC(=O)CN(C)CC(N)=S. The van der Waals surface area contributed by atoms with Gasteiger partial charge in [-0.15, -0.1) is 0 Å². The van der Waals surface area contributed by atoms with Crippen molar-refractivity contribution >= 4 is 23.1 Å². The highest BCUT2D eigenvalue weighted by molar-refractivity contribution is 7.80. The molecule has 0 fully saturated rings. The molecule has 0 aromatic carbocycles. The smallest absolute Gasteiger partial charge is 0.234 e. The molecule has 0 bridgehead atoms. The fourth-order valence-corrected chi connectivity index (χ4v) is 1.21. The van der Waals surface area contributed by atoms with E-state index in [1.165, 1.54) is 0 Å². The molecule has 0 saturated heterocycles. The van der Waals surface area contributed by atoms with Gasteiger partial charge in [0.2, 0.25) is 5.91 Å². The lowest BCUT2D eigenvalue weighted by Crippen LogP contribution is -2.41. The highest BCUT2D eigenvalue weighted by atomic mass is 32.1. The Morgan fingerprint density at radius 1 is 1.57 bits per heavy atom. The van der Waals surface area contributed by atoms with Crippen molar-refractivity contribution in [3.05, 3.63) is 0 Å². The number of nitrogens with one attached hydrogen (secondary N) is 1. The third-order valence-corrected chi connectivity index (χ3v) is 1.99. The van der Waals surface area contributed by atoms with Gasteiger partial charge in [-0.2, -0.15) is 0 Å². The van der Waals surface area contributed by atoms with Crippen LogP contribution in [0.3, 0.4) is 0 Å². The fraction of sp³-hybridized carbons (Fsp3) is 0.778. The van der Waals surface area contributed by atoms with E-state index in [2.05, 4.69) is 5.32 Å². The third-order valence-electron chi connectivity index (χ3n) is 1.86. The van der Waals surface area contributed by atoms with Gasteiger partial charge in [0.05, 0.1) is 11.5 Å². The van der Waals surface area contributed by atoms with Gasteiger partial charge in [-0.1, -0.05) is 19.1 Å². The van der Waals surface area contributed by atoms with Gasteiger partial charge < -0.3 is 11.1 Å². The number of likely N-dealkylation sites (N-methyl/N-ethyl adjacent to an activating group) is 1. The van der Waals surface area contributed by atoms with Crippen LogP contribution in [0.5, 0.6) is 0 Å². The van der Waals surface area contributed by atoms with Gasteiger partial charge in [-0.25, -0.2) is 0 Å². The molecule has 4 nitrogen and oxygen atoms in total. The highest BCUT2D eigenvalue weighted by Crippen LogP contribution is 1.89. The first-order valence-corrected chi connectivity index (χ1v) is 5.12. The Hall–Kier alpha value is -0.680. The molecule has 0 aliphatic heterocycles. The minimum absolute atomic E-state index is 0.0121. The van der Waals surface area contributed by atoms with Crippen molar-refractivity contribution in [3.8, 4) is 0 Å². The maximum absolute atomic E-state index is 11.4. The Morgan fingerprint density at radius 3 is 2.57 bits per heavy atom. The van der Waals surface area contributed by atoms with E-state index in [-0.39, 0.29) is 11.9 Å². The number of amides is 1. The maximum atomic E-state index is 11.4. The summed E-state index contributed by atoms with van der Waals surface area (Å²) in [6.07, 6.45) is 0.935. The van der Waals surface area contributed by atoms with Gasteiger partial charge in [0.1, 0.15) is 0 Å². The molecule has 3 N–H and O–H groups in total. The van der Waals surface area contributed by atoms with E-state index in [9.17, 15) is 4.79 Å². The molecule has 1 unspecified atom stereocenters. The monoisotopic (exact) mass is 217 g/mol. The molecule has 5 heteroatoms. The first-order valence-electron chi connectivity index (χ1n) is 4.72. The van der Waals surface area contributed by atoms with Crippen LogP contribution in [0.25, 0.3) is 0 Å². The zero-order valence-electron chi connectivity index (χ0n) is 9.04. The van der Waals surface area contributed by atoms with Crippen molar-refractivity contribution in [1.29, 1.82) is 0 Å². The molecule has 0 spiro atoms. The van der Waals surface area contributed by atoms with Crippen molar-refractivity contribution in [2.75, 3.05) is 20.1 Å². The number of hydrogen-bond donors (Lipinski definition) is 2. The average molecular weight is 217 g/mol. The van der Waals surface area contributed by atoms with E-state index < -0.39 is 0 Å². The van der Waals surface area contributed by atoms with Gasteiger partial charge >= 0.3 is 0 Å². The summed E-state index contributed by atoms with van der Waals surface area (Å²) >= 11 is 4.74. The van der Waals surface area contributed by atoms with Crippen LogP contribution in [0.15, 0.2) is 0 Å². The van der Waals surface area contributed by atoms with Crippen LogP contribution < -0.4 is 11.1 Å². The van der Waals surface area contributed by atoms with Gasteiger partial charge in [0, 0.05) is 12.6 Å². The number of carbonyl (C=O) groups excluding carboxylic acids is 1. The Balaban J connectivity index is 3.76. The maximum Gasteiger partial charge on any atom is 0.234 e. The second-order valence-corrected chi connectivity index (χ2v) is 4.04. The van der Waals surface area contributed by atoms with Gasteiger partial charge in [0.25, 0.3) is 0 Å². The van der Waals surface area contributed by atoms with E-state index in [1.54, 1.807) is 4.90 Å². The molecule has 0 radical (unpaired) electrons. The van der Waals surface area contributed by atoms with Crippen molar-refractivity contribution in [2.24, 2.45) is 5.73 Å². The molecule has 14 heavy (non-hydrogen) atoms. The number of nitrogens with two attached hydrogens (primary N) is 1. The standard InChI is InChI=1S/C9H19N3OS/c1-4-7(2)11-9(13)6-12(3)5-8(10)14/h7H,4-6H2,1-3H3,(H2,10,14)(H,11,13). The third kappa shape index (κ3) is 6.80. The number of thiocarbonyl (C=S) groups is 1. The van der Waals surface area contributed by atoms with Crippen LogP contribution in [0.4, 0.5) is 0 Å². The summed E-state index contributed by atoms with van der Waals surface area (Å²) in [5.41, 5.74) is 5.35. The van der Waals surface area contributed by atoms with E-state index in [1.807, 2.05) is 20.9 Å². The Morgan fingerprint density at radius 2 is 2.14 bits per heavy atom. The topological polar surface area (TPSA) is 58.4 Å². The van der Waals surface area contributed by atoms with Crippen molar-refractivity contribution < 1.29 is 4.79 Å². The van der Waals surface area contributed by atoms with Crippen LogP contribution in [-0.4, -0.2) is 42.0 Å². The lowest BCUT2D eigenvalue weighted by molar-refractivity contribution is -0.122. The second kappa shape index (κ2) is 6.73. The first-order chi connectivity index (χ1) is 6.45. The van der Waals surface area contributed by atoms with Gasteiger partial charge in [0.15, 0.2) is 0 Å². The fourth-order valence-electron chi connectivity index (χ4n) is 0.990. The van der Waals surface area contributed by atoms with Crippen LogP contribution in [0.2, 0.25) is 0 Å². The van der Waals surface area contributed by atoms with E-state index in [0.29, 0.717) is 18.1 Å². The largest absolute Gasteiger partial charge is 0.392 e. The normalized spacial score (nSPS) is 12.6. The molecule has 0 rings (SSSR count). The van der Waals surface area contributed by atoms with E-state index in [4.69, 9.17) is 18.0 Å². The molecular weight excluding hydrogens is 198 g/mol. The number of carbonyl (C=O) groups is 1. The quantitative estimate of drug-likeness (QED) is 0.620. The Labute approximate surface area is 90.8 Å². The Kier molecular flexibility index (Phi) is 6.40. The van der Waals surface area contributed by atoms with Crippen molar-refractivity contribution in [2.45, 2.75) is 26.3 Å². The van der Waals surface area contributed by atoms with Crippen molar-refractivity contribution in [1.82, 2.24) is 10.2 Å². The molecule has 0 aliphatic carbocycles. The summed E-state index contributed by atoms with van der Waals surface area (Å²) in [4.78, 5) is 13.6. The van der Waals surface area contributed by atoms with Gasteiger partial charge in [-0.3, -0.25) is 9.69 Å². The molecule has 1 amide bonds. The summed E-state index contributed by atoms with van der Waals surface area (Å²) in [6.45, 7) is 4.82. The molecule has 1 atom stereocenters. The predicted molar refractivity (Wildman–Crippen MR) is 62.2 cm³/mol. The zero-order chi connectivity index (χ0) is 11.1. The number of nitrogens with zero attached hydrogens (tertiary/aromatic N) is 1. The molecular formula is C9H19N3OS. The molecule has 0 aromatic rings. The van der Waals surface area contributed by atoms with Crippen LogP contribution in [0.1, 0.15) is 20.3 Å². The summed E-state index contributed by atoms with van der Waals surface area (Å²) in [7, 11) is 1.81. The summed E-state index contributed by atoms with van der Waals surface area (Å²) < 4.78 is 0. The van der Waals surface area contributed by atoms with Crippen LogP contribution in [-0.2, 0) is 4.79 Å². The molecule has 0 saturated carbocycles. The molecule has 0 aromatic heterocycles. The molecule has 0 aliphatic rings. The van der Waals surface area contributed by atoms with Gasteiger partial charge in [-0.05, 0) is 20.4 Å². The first kappa shape index (κ1) is 13.3. The summed E-state index contributed by atoms with van der Waals surface area (Å²) in [5, 5.41) is 2.87. The highest BCUT2D eigenvalue weighted by Gasteiger charge is 2.08. The minimum atomic E-state index is 0.0121. The van der Waals surface area contributed by atoms with Crippen LogP contribution >= 0.6 is 12.2 Å². The lowest BCUT2D eigenvalue weighted by Gasteiger charge is -2.17. The molecule has 0 heterocycles.